The lowest BCUT2D eigenvalue weighted by Crippen LogP contribution is -2.27. The Balaban J connectivity index is 2.04. The first kappa shape index (κ1) is 11.4. The average Bonchev–Trinajstić information content (AvgIpc) is 2.33. The Hall–Kier alpha value is -1.12. The maximum absolute atomic E-state index is 3.23. The first-order chi connectivity index (χ1) is 7.90. The fourth-order valence-corrected chi connectivity index (χ4v) is 2.15. The molecule has 0 unspecified atom stereocenters. The van der Waals surface area contributed by atoms with E-state index in [0.717, 1.165) is 19.6 Å². The molecule has 1 aromatic carbocycles. The van der Waals surface area contributed by atoms with Crippen LogP contribution in [-0.4, -0.2) is 25.0 Å². The predicted molar refractivity (Wildman–Crippen MR) is 68.2 cm³/mol. The van der Waals surface area contributed by atoms with Crippen LogP contribution in [0, 0.1) is 0 Å². The third-order valence-corrected chi connectivity index (χ3v) is 3.02. The van der Waals surface area contributed by atoms with Crippen molar-refractivity contribution in [2.75, 3.05) is 20.1 Å². The molecule has 0 radical (unpaired) electrons. The van der Waals surface area contributed by atoms with Crippen molar-refractivity contribution in [1.29, 1.82) is 0 Å². The van der Waals surface area contributed by atoms with Crippen molar-refractivity contribution in [3.05, 3.63) is 47.5 Å². The molecule has 2 heteroatoms. The first-order valence-electron chi connectivity index (χ1n) is 5.99. The molecule has 1 N–H and O–H groups in total. The standard InChI is InChI=1S/C14H20N2/c1-15-11-13-7-3-4-8-14(13)12-16-9-5-2-6-10-16/h2-5,7-8,15H,6,9-12H2,1H3. The molecule has 0 aliphatic carbocycles. The quantitative estimate of drug-likeness (QED) is 0.776. The zero-order valence-corrected chi connectivity index (χ0v) is 9.95. The van der Waals surface area contributed by atoms with Crippen LogP contribution in [0.1, 0.15) is 17.5 Å². The van der Waals surface area contributed by atoms with Crippen molar-refractivity contribution in [3.63, 3.8) is 0 Å². The van der Waals surface area contributed by atoms with Crippen LogP contribution in [0.3, 0.4) is 0 Å². The second-order valence-electron chi connectivity index (χ2n) is 4.29. The fourth-order valence-electron chi connectivity index (χ4n) is 2.15. The van der Waals surface area contributed by atoms with Crippen LogP contribution in [0.5, 0.6) is 0 Å². The van der Waals surface area contributed by atoms with Crippen LogP contribution in [0.4, 0.5) is 0 Å². The highest BCUT2D eigenvalue weighted by Crippen LogP contribution is 2.13. The highest BCUT2D eigenvalue weighted by atomic mass is 15.1. The van der Waals surface area contributed by atoms with Crippen LogP contribution in [0.25, 0.3) is 0 Å². The van der Waals surface area contributed by atoms with Crippen LogP contribution in [0.15, 0.2) is 36.4 Å². The molecular formula is C14H20N2. The van der Waals surface area contributed by atoms with Gasteiger partial charge in [0.25, 0.3) is 0 Å². The topological polar surface area (TPSA) is 15.3 Å². The van der Waals surface area contributed by atoms with Gasteiger partial charge in [-0.25, -0.2) is 0 Å². The normalized spacial score (nSPS) is 16.6. The minimum absolute atomic E-state index is 0.958. The average molecular weight is 216 g/mol. The summed E-state index contributed by atoms with van der Waals surface area (Å²) in [5.74, 6) is 0. The lowest BCUT2D eigenvalue weighted by Gasteiger charge is -2.24. The summed E-state index contributed by atoms with van der Waals surface area (Å²) >= 11 is 0. The minimum atomic E-state index is 0.958. The number of nitrogens with zero attached hydrogens (tertiary/aromatic N) is 1. The van der Waals surface area contributed by atoms with Gasteiger partial charge in [-0.05, 0) is 24.6 Å². The van der Waals surface area contributed by atoms with Gasteiger partial charge in [-0.2, -0.15) is 0 Å². The van der Waals surface area contributed by atoms with E-state index in [9.17, 15) is 0 Å². The number of benzene rings is 1. The lowest BCUT2D eigenvalue weighted by atomic mass is 10.1. The van der Waals surface area contributed by atoms with Gasteiger partial charge in [0.1, 0.15) is 0 Å². The molecule has 0 amide bonds. The third kappa shape index (κ3) is 2.94. The fraction of sp³-hybridized carbons (Fsp3) is 0.429. The number of hydrogen-bond donors (Lipinski definition) is 1. The summed E-state index contributed by atoms with van der Waals surface area (Å²) in [6.07, 6.45) is 5.73. The molecule has 0 fully saturated rings. The minimum Gasteiger partial charge on any atom is -0.316 e. The number of rotatable bonds is 4. The second-order valence-corrected chi connectivity index (χ2v) is 4.29. The van der Waals surface area contributed by atoms with E-state index in [-0.39, 0.29) is 0 Å². The van der Waals surface area contributed by atoms with Crippen LogP contribution < -0.4 is 5.32 Å². The highest BCUT2D eigenvalue weighted by Gasteiger charge is 2.08. The molecule has 2 nitrogen and oxygen atoms in total. The van der Waals surface area contributed by atoms with Gasteiger partial charge in [-0.3, -0.25) is 4.90 Å². The Morgan fingerprint density at radius 3 is 2.69 bits per heavy atom. The summed E-state index contributed by atoms with van der Waals surface area (Å²) < 4.78 is 0. The van der Waals surface area contributed by atoms with Crippen molar-refractivity contribution in [2.24, 2.45) is 0 Å². The smallest absolute Gasteiger partial charge is 0.0240 e. The van der Waals surface area contributed by atoms with Gasteiger partial charge in [0.2, 0.25) is 0 Å². The predicted octanol–water partition coefficient (Wildman–Crippen LogP) is 2.17. The molecule has 16 heavy (non-hydrogen) atoms. The zero-order chi connectivity index (χ0) is 11.2. The number of hydrogen-bond acceptors (Lipinski definition) is 2. The summed E-state index contributed by atoms with van der Waals surface area (Å²) in [6.45, 7) is 4.31. The van der Waals surface area contributed by atoms with Crippen LogP contribution in [-0.2, 0) is 13.1 Å². The summed E-state index contributed by atoms with van der Waals surface area (Å²) in [4.78, 5) is 2.49. The monoisotopic (exact) mass is 216 g/mol. The van der Waals surface area contributed by atoms with Crippen LogP contribution in [0.2, 0.25) is 0 Å². The Bertz CT molecular complexity index is 358. The van der Waals surface area contributed by atoms with Gasteiger partial charge in [-0.15, -0.1) is 0 Å². The van der Waals surface area contributed by atoms with E-state index < -0.39 is 0 Å². The van der Waals surface area contributed by atoms with E-state index in [1.165, 1.54) is 24.1 Å². The van der Waals surface area contributed by atoms with E-state index in [2.05, 4.69) is 46.6 Å². The highest BCUT2D eigenvalue weighted by molar-refractivity contribution is 5.27. The Morgan fingerprint density at radius 1 is 1.19 bits per heavy atom. The van der Waals surface area contributed by atoms with E-state index in [1.807, 2.05) is 7.05 Å². The molecule has 1 aromatic rings. The molecule has 1 aliphatic rings. The molecular weight excluding hydrogens is 196 g/mol. The Kier molecular flexibility index (Phi) is 4.14. The third-order valence-electron chi connectivity index (χ3n) is 3.02. The molecule has 0 bridgehead atoms. The molecule has 1 aliphatic heterocycles. The van der Waals surface area contributed by atoms with Crippen molar-refractivity contribution in [3.8, 4) is 0 Å². The summed E-state index contributed by atoms with van der Waals surface area (Å²) in [5.41, 5.74) is 2.87. The van der Waals surface area contributed by atoms with Gasteiger partial charge in [0.05, 0.1) is 0 Å². The van der Waals surface area contributed by atoms with Gasteiger partial charge >= 0.3 is 0 Å². The zero-order valence-electron chi connectivity index (χ0n) is 9.95. The molecule has 0 saturated carbocycles. The van der Waals surface area contributed by atoms with E-state index in [4.69, 9.17) is 0 Å². The molecule has 0 spiro atoms. The van der Waals surface area contributed by atoms with E-state index >= 15 is 0 Å². The summed E-state index contributed by atoms with van der Waals surface area (Å²) in [5, 5.41) is 3.23. The van der Waals surface area contributed by atoms with E-state index in [0.29, 0.717) is 0 Å². The SMILES string of the molecule is CNCc1ccccc1CN1CC=CCC1. The molecule has 2 rings (SSSR count). The summed E-state index contributed by atoms with van der Waals surface area (Å²) in [7, 11) is 2.00. The number of nitrogens with one attached hydrogen (secondary N) is 1. The van der Waals surface area contributed by atoms with Gasteiger partial charge in [0, 0.05) is 26.2 Å². The maximum Gasteiger partial charge on any atom is 0.0240 e. The molecule has 86 valence electrons. The van der Waals surface area contributed by atoms with Crippen molar-refractivity contribution < 1.29 is 0 Å². The maximum atomic E-state index is 3.23. The van der Waals surface area contributed by atoms with Crippen LogP contribution >= 0.6 is 0 Å². The van der Waals surface area contributed by atoms with Crippen molar-refractivity contribution in [2.45, 2.75) is 19.5 Å². The first-order valence-corrected chi connectivity index (χ1v) is 5.99. The van der Waals surface area contributed by atoms with Gasteiger partial charge in [0.15, 0.2) is 0 Å². The molecule has 1 heterocycles. The molecule has 0 atom stereocenters. The van der Waals surface area contributed by atoms with Gasteiger partial charge < -0.3 is 5.32 Å². The van der Waals surface area contributed by atoms with Gasteiger partial charge in [-0.1, -0.05) is 36.4 Å². The van der Waals surface area contributed by atoms with Crippen molar-refractivity contribution >= 4 is 0 Å². The largest absolute Gasteiger partial charge is 0.316 e. The van der Waals surface area contributed by atoms with Crippen molar-refractivity contribution in [1.82, 2.24) is 10.2 Å². The molecule has 0 aromatic heterocycles. The second kappa shape index (κ2) is 5.83. The molecule has 0 saturated heterocycles. The van der Waals surface area contributed by atoms with E-state index in [1.54, 1.807) is 0 Å². The summed E-state index contributed by atoms with van der Waals surface area (Å²) in [6, 6.07) is 8.71. The Labute approximate surface area is 98.0 Å². The lowest BCUT2D eigenvalue weighted by molar-refractivity contribution is 0.289. The Morgan fingerprint density at radius 2 is 2.00 bits per heavy atom.